The molecule has 5 unspecified atom stereocenters. The highest BCUT2D eigenvalue weighted by Gasteiger charge is 2.34. The molecule has 0 spiro atoms. The van der Waals surface area contributed by atoms with E-state index < -0.39 is 12.1 Å². The van der Waals surface area contributed by atoms with E-state index in [1.165, 1.54) is 0 Å². The molecule has 2 fully saturated rings. The number of aromatic nitrogens is 10. The van der Waals surface area contributed by atoms with Crippen LogP contribution in [0, 0.1) is 24.2 Å². The Kier molecular flexibility index (Phi) is 22.8. The monoisotopic (exact) mass is 1060 g/mol. The number of nitrogens with one attached hydrogen (secondary N) is 2. The SMILES string of the molecule is C#CCOCCOCCOCCNc1nc(N2CCN(C(=O)C(CCCCN)n3cc(C(N)CC(C)C)nn3)CC2)nc(N2CCN(C(=O)C(Cc3cc4ccccc4[nH]3)n3cc(C(N)C(C)CC)nn3)CC2)n1.[Cl-]. The van der Waals surface area contributed by atoms with Crippen LogP contribution in [0.25, 0.3) is 10.9 Å². The standard InChI is InChI=1S/C51H78N18O5.ClH/c1-6-25-72-27-29-74-30-28-73-26-16-55-49-57-50(66-21-17-64(18-22-66)47(70)44(14-10-11-15-52)68-34-42(60-62-68)40(53)31-36(3)4)59-51(58-49)67-23-19-65(20-24-67)48(71)45(33-39-32-38-12-8-9-13-41(38)56-39)69-35-43(61-63-69)46(54)37(5)7-2;/h1,8-9,12-13,32,34-37,40,44-46,56H,7,10-11,14-31,33,52-54H2,2-5H3,(H,55,57,58,59);1H/p-1. The summed E-state index contributed by atoms with van der Waals surface area (Å²) in [5, 5.41) is 22.1. The number of piperazine rings is 2. The van der Waals surface area contributed by atoms with Gasteiger partial charge in [0, 0.05) is 76.5 Å². The number of carbonyl (C=O) groups excluding carboxylic acids is 2. The average molecular weight is 1060 g/mol. The molecule has 75 heavy (non-hydrogen) atoms. The number of aromatic amines is 1. The molecule has 0 aliphatic carbocycles. The maximum Gasteiger partial charge on any atom is 0.248 e. The first kappa shape index (κ1) is 58.3. The first-order valence-corrected chi connectivity index (χ1v) is 26.3. The van der Waals surface area contributed by atoms with Crippen molar-refractivity contribution in [2.75, 3.05) is 120 Å². The predicted octanol–water partition coefficient (Wildman–Crippen LogP) is -0.122. The zero-order valence-electron chi connectivity index (χ0n) is 44.1. The third-order valence-corrected chi connectivity index (χ3v) is 13.7. The second-order valence-electron chi connectivity index (χ2n) is 19.6. The molecule has 8 N–H and O–H groups in total. The van der Waals surface area contributed by atoms with Gasteiger partial charge in [0.15, 0.2) is 0 Å². The van der Waals surface area contributed by atoms with Crippen molar-refractivity contribution in [3.05, 3.63) is 59.8 Å². The molecule has 2 amide bonds. The summed E-state index contributed by atoms with van der Waals surface area (Å²) in [6, 6.07) is 8.40. The summed E-state index contributed by atoms with van der Waals surface area (Å²) in [6.45, 7) is 15.4. The predicted molar refractivity (Wildman–Crippen MR) is 283 cm³/mol. The summed E-state index contributed by atoms with van der Waals surface area (Å²) in [5.74, 6) is 4.30. The lowest BCUT2D eigenvalue weighted by atomic mass is 9.98. The van der Waals surface area contributed by atoms with Crippen molar-refractivity contribution in [3.8, 4) is 12.3 Å². The number of ether oxygens (including phenoxy) is 3. The maximum atomic E-state index is 14.7. The highest BCUT2D eigenvalue weighted by atomic mass is 35.5. The van der Waals surface area contributed by atoms with E-state index in [1.54, 1.807) is 9.36 Å². The van der Waals surface area contributed by atoms with Crippen LogP contribution in [0.2, 0.25) is 0 Å². The minimum absolute atomic E-state index is 0. The molecule has 4 aromatic heterocycles. The lowest BCUT2D eigenvalue weighted by molar-refractivity contribution is -0.136. The lowest BCUT2D eigenvalue weighted by Crippen LogP contribution is -3.00. The number of unbranched alkanes of at least 4 members (excludes halogenated alkanes) is 1. The minimum Gasteiger partial charge on any atom is -1.00 e. The van der Waals surface area contributed by atoms with Crippen molar-refractivity contribution < 1.29 is 36.2 Å². The number of H-pyrrole nitrogens is 1. The molecule has 2 aliphatic rings. The molecule has 5 aromatic rings. The lowest BCUT2D eigenvalue weighted by Gasteiger charge is -2.38. The highest BCUT2D eigenvalue weighted by Crippen LogP contribution is 2.27. The van der Waals surface area contributed by atoms with Gasteiger partial charge in [0.1, 0.15) is 18.7 Å². The molecule has 7 rings (SSSR count). The van der Waals surface area contributed by atoms with Crippen molar-refractivity contribution in [3.63, 3.8) is 0 Å². The van der Waals surface area contributed by atoms with Gasteiger partial charge < -0.3 is 73.7 Å². The molecule has 0 radical (unpaired) electrons. The molecule has 2 aliphatic heterocycles. The second-order valence-corrected chi connectivity index (χ2v) is 19.6. The van der Waals surface area contributed by atoms with Crippen LogP contribution in [0.3, 0.4) is 0 Å². The van der Waals surface area contributed by atoms with E-state index in [9.17, 15) is 9.59 Å². The Morgan fingerprint density at radius 1 is 0.787 bits per heavy atom. The van der Waals surface area contributed by atoms with Gasteiger partial charge in [0.2, 0.25) is 29.7 Å². The molecule has 1 aromatic carbocycles. The normalized spacial score (nSPS) is 16.1. The zero-order chi connectivity index (χ0) is 52.4. The number of para-hydroxylation sites is 1. The van der Waals surface area contributed by atoms with Crippen LogP contribution in [-0.2, 0) is 30.2 Å². The van der Waals surface area contributed by atoms with Crippen LogP contribution in [0.1, 0.15) is 101 Å². The van der Waals surface area contributed by atoms with Crippen molar-refractivity contribution in [1.82, 2.24) is 59.7 Å². The van der Waals surface area contributed by atoms with Gasteiger partial charge in [-0.05, 0) is 61.6 Å². The van der Waals surface area contributed by atoms with Gasteiger partial charge in [-0.15, -0.1) is 16.6 Å². The quantitative estimate of drug-likeness (QED) is 0.0308. The number of nitrogens with two attached hydrogens (primary N) is 3. The molecule has 0 saturated carbocycles. The number of halogens is 1. The van der Waals surface area contributed by atoms with E-state index in [-0.39, 0.29) is 48.8 Å². The maximum absolute atomic E-state index is 14.7. The van der Waals surface area contributed by atoms with E-state index in [1.807, 2.05) is 40.4 Å². The number of amides is 2. The number of carbonyl (C=O) groups is 2. The fourth-order valence-corrected chi connectivity index (χ4v) is 9.18. The summed E-state index contributed by atoms with van der Waals surface area (Å²) < 4.78 is 20.0. The Hall–Kier alpha value is -6.00. The fraction of sp³-hybridized carbons (Fsp3) is 0.627. The van der Waals surface area contributed by atoms with Crippen molar-refractivity contribution >= 4 is 40.6 Å². The van der Waals surface area contributed by atoms with E-state index in [2.05, 4.69) is 86.5 Å². The Morgan fingerprint density at radius 3 is 1.99 bits per heavy atom. The fourth-order valence-electron chi connectivity index (χ4n) is 9.18. The van der Waals surface area contributed by atoms with Gasteiger partial charge >= 0.3 is 0 Å². The van der Waals surface area contributed by atoms with Gasteiger partial charge in [0.05, 0.1) is 68.9 Å². The third kappa shape index (κ3) is 16.3. The van der Waals surface area contributed by atoms with Gasteiger partial charge in [-0.1, -0.05) is 68.7 Å². The van der Waals surface area contributed by atoms with Crippen LogP contribution in [0.5, 0.6) is 0 Å². The van der Waals surface area contributed by atoms with Crippen LogP contribution in [0.15, 0.2) is 42.7 Å². The number of hydrogen-bond donors (Lipinski definition) is 5. The second kappa shape index (κ2) is 29.3. The summed E-state index contributed by atoms with van der Waals surface area (Å²) >= 11 is 0. The number of benzene rings is 1. The molecule has 24 heteroatoms. The smallest absolute Gasteiger partial charge is 0.248 e. The van der Waals surface area contributed by atoms with Crippen LogP contribution in [0.4, 0.5) is 17.8 Å². The van der Waals surface area contributed by atoms with Crippen LogP contribution < -0.4 is 44.7 Å². The number of anilines is 3. The Balaban J connectivity index is 0.00000914. The molecule has 410 valence electrons. The number of terminal acetylenes is 1. The molecule has 2 saturated heterocycles. The first-order chi connectivity index (χ1) is 36.0. The zero-order valence-corrected chi connectivity index (χ0v) is 44.9. The summed E-state index contributed by atoms with van der Waals surface area (Å²) in [5.41, 5.74) is 22.2. The van der Waals surface area contributed by atoms with Crippen LogP contribution >= 0.6 is 0 Å². The van der Waals surface area contributed by atoms with Gasteiger partial charge in [-0.3, -0.25) is 9.59 Å². The molecule has 5 atom stereocenters. The number of hydrogen-bond acceptors (Lipinski definition) is 18. The molecular formula is C51H78ClN18O5-. The van der Waals surface area contributed by atoms with Gasteiger partial charge in [-0.2, -0.15) is 15.0 Å². The number of fused-ring (bicyclic) bond motifs is 1. The third-order valence-electron chi connectivity index (χ3n) is 13.7. The van der Waals surface area contributed by atoms with Crippen LogP contribution in [-0.4, -0.2) is 177 Å². The molecule has 0 bridgehead atoms. The van der Waals surface area contributed by atoms with Crippen molar-refractivity contribution in [2.45, 2.75) is 90.4 Å². The van der Waals surface area contributed by atoms with Gasteiger partial charge in [-0.25, -0.2) is 9.36 Å². The van der Waals surface area contributed by atoms with Crippen molar-refractivity contribution in [1.29, 1.82) is 0 Å². The Labute approximate surface area is 446 Å². The number of rotatable bonds is 29. The largest absolute Gasteiger partial charge is 1.00 e. The van der Waals surface area contributed by atoms with E-state index in [0.29, 0.717) is 146 Å². The first-order valence-electron chi connectivity index (χ1n) is 26.3. The van der Waals surface area contributed by atoms with E-state index in [4.69, 9.17) is 52.8 Å². The Bertz CT molecular complexity index is 2520. The molecule has 6 heterocycles. The van der Waals surface area contributed by atoms with Crippen molar-refractivity contribution in [2.24, 2.45) is 29.0 Å². The van der Waals surface area contributed by atoms with Gasteiger partial charge in [0.25, 0.3) is 0 Å². The molecule has 23 nitrogen and oxygen atoms in total. The summed E-state index contributed by atoms with van der Waals surface area (Å²) in [4.78, 5) is 55.2. The van der Waals surface area contributed by atoms with E-state index >= 15 is 0 Å². The summed E-state index contributed by atoms with van der Waals surface area (Å²) in [6.07, 6.45) is 13.1. The average Bonchev–Trinajstić information content (AvgIpc) is 4.21. The highest BCUT2D eigenvalue weighted by molar-refractivity contribution is 5.83. The summed E-state index contributed by atoms with van der Waals surface area (Å²) in [7, 11) is 0. The topological polar surface area (TPSA) is 281 Å². The number of nitrogens with zero attached hydrogens (tertiary/aromatic N) is 13. The molecular weight excluding hydrogens is 980 g/mol. The minimum atomic E-state index is -0.658. The Morgan fingerprint density at radius 2 is 1.37 bits per heavy atom. The van der Waals surface area contributed by atoms with E-state index in [0.717, 1.165) is 42.3 Å².